The van der Waals surface area contributed by atoms with Gasteiger partial charge in [-0.3, -0.25) is 4.79 Å². The molecule has 6 heteroatoms. The topological polar surface area (TPSA) is 87.9 Å². The Morgan fingerprint density at radius 3 is 2.79 bits per heavy atom. The highest BCUT2D eigenvalue weighted by Crippen LogP contribution is 2.35. The van der Waals surface area contributed by atoms with Crippen LogP contribution in [-0.4, -0.2) is 44.3 Å². The molecule has 3 N–H and O–H groups in total. The molecule has 104 valence electrons. The molecule has 2 aliphatic rings. The summed E-state index contributed by atoms with van der Waals surface area (Å²) >= 11 is 0. The van der Waals surface area contributed by atoms with E-state index in [0.717, 1.165) is 44.2 Å². The summed E-state index contributed by atoms with van der Waals surface area (Å²) in [5.74, 6) is 0.294. The Hall–Kier alpha value is -1.43. The third-order valence-electron chi connectivity index (χ3n) is 4.35. The molecule has 6 nitrogen and oxygen atoms in total. The number of nitrogens with two attached hydrogens (primary N) is 1. The number of fused-ring (bicyclic) bond motifs is 2. The Balaban J connectivity index is 1.51. The van der Waals surface area contributed by atoms with Crippen LogP contribution in [0.5, 0.6) is 0 Å². The average Bonchev–Trinajstić information content (AvgIpc) is 2.96. The van der Waals surface area contributed by atoms with Gasteiger partial charge in [0.1, 0.15) is 0 Å². The minimum Gasteiger partial charge on any atom is -0.337 e. The fourth-order valence-corrected chi connectivity index (χ4v) is 3.52. The molecule has 3 heterocycles. The van der Waals surface area contributed by atoms with Gasteiger partial charge in [0.2, 0.25) is 5.91 Å². The number of aryl methyl sites for hydroxylation is 1. The number of hydrogen-bond acceptors (Lipinski definition) is 4. The van der Waals surface area contributed by atoms with E-state index in [0.29, 0.717) is 24.4 Å². The Bertz CT molecular complexity index is 418. The van der Waals surface area contributed by atoms with Crippen molar-refractivity contribution in [1.29, 1.82) is 0 Å². The van der Waals surface area contributed by atoms with E-state index < -0.39 is 0 Å². The molecule has 0 aromatic carbocycles. The van der Waals surface area contributed by atoms with Gasteiger partial charge < -0.3 is 10.6 Å². The van der Waals surface area contributed by atoms with Crippen LogP contribution >= 0.6 is 0 Å². The van der Waals surface area contributed by atoms with Crippen LogP contribution < -0.4 is 5.73 Å². The number of amides is 1. The van der Waals surface area contributed by atoms with Crippen molar-refractivity contribution in [2.45, 2.75) is 63.1 Å². The van der Waals surface area contributed by atoms with Gasteiger partial charge >= 0.3 is 0 Å². The summed E-state index contributed by atoms with van der Waals surface area (Å²) in [4.78, 5) is 14.5. The van der Waals surface area contributed by atoms with Gasteiger partial charge in [-0.25, -0.2) is 0 Å². The van der Waals surface area contributed by atoms with E-state index >= 15 is 0 Å². The number of carbonyl (C=O) groups is 1. The van der Waals surface area contributed by atoms with Crippen LogP contribution in [0, 0.1) is 0 Å². The van der Waals surface area contributed by atoms with Gasteiger partial charge in [-0.05, 0) is 38.5 Å². The first kappa shape index (κ1) is 12.6. The van der Waals surface area contributed by atoms with Gasteiger partial charge in [0, 0.05) is 24.5 Å². The van der Waals surface area contributed by atoms with E-state index in [-0.39, 0.29) is 6.04 Å². The maximum Gasteiger partial charge on any atom is 0.223 e. The molecule has 19 heavy (non-hydrogen) atoms. The lowest BCUT2D eigenvalue weighted by atomic mass is 9.97. The summed E-state index contributed by atoms with van der Waals surface area (Å²) in [6.45, 7) is 0. The SMILES string of the molecule is NC1CC2CCC(C1)N2C(=O)CCCc1cn[nH]n1. The van der Waals surface area contributed by atoms with E-state index in [1.165, 1.54) is 0 Å². The Labute approximate surface area is 112 Å². The number of nitrogens with one attached hydrogen (secondary N) is 1. The lowest BCUT2D eigenvalue weighted by Crippen LogP contribution is -2.50. The number of carbonyl (C=O) groups excluding carboxylic acids is 1. The minimum atomic E-state index is 0.289. The second kappa shape index (κ2) is 5.28. The third kappa shape index (κ3) is 2.63. The molecule has 0 saturated carbocycles. The summed E-state index contributed by atoms with van der Waals surface area (Å²) in [6.07, 6.45) is 8.19. The zero-order chi connectivity index (χ0) is 13.2. The number of piperidine rings is 1. The first-order chi connectivity index (χ1) is 9.24. The number of H-pyrrole nitrogens is 1. The maximum absolute atomic E-state index is 12.3. The van der Waals surface area contributed by atoms with Gasteiger partial charge in [-0.1, -0.05) is 0 Å². The molecular weight excluding hydrogens is 242 g/mol. The van der Waals surface area contributed by atoms with Gasteiger partial charge in [-0.15, -0.1) is 0 Å². The van der Waals surface area contributed by atoms with Crippen molar-refractivity contribution in [3.05, 3.63) is 11.9 Å². The van der Waals surface area contributed by atoms with Crippen LogP contribution in [0.3, 0.4) is 0 Å². The molecule has 2 unspecified atom stereocenters. The van der Waals surface area contributed by atoms with E-state index in [1.807, 2.05) is 0 Å². The van der Waals surface area contributed by atoms with Crippen molar-refractivity contribution in [2.75, 3.05) is 0 Å². The molecular formula is C13H21N5O. The lowest BCUT2D eigenvalue weighted by molar-refractivity contribution is -0.135. The predicted molar refractivity (Wildman–Crippen MR) is 70.2 cm³/mol. The number of rotatable bonds is 4. The molecule has 2 atom stereocenters. The molecule has 1 amide bonds. The highest BCUT2D eigenvalue weighted by molar-refractivity contribution is 5.77. The average molecular weight is 263 g/mol. The summed E-state index contributed by atoms with van der Waals surface area (Å²) < 4.78 is 0. The van der Waals surface area contributed by atoms with Crippen molar-refractivity contribution in [2.24, 2.45) is 5.73 Å². The van der Waals surface area contributed by atoms with Gasteiger partial charge in [-0.2, -0.15) is 15.4 Å². The Kier molecular flexibility index (Phi) is 3.50. The normalized spacial score (nSPS) is 29.7. The van der Waals surface area contributed by atoms with Crippen LogP contribution in [0.4, 0.5) is 0 Å². The zero-order valence-electron chi connectivity index (χ0n) is 11.1. The number of nitrogens with zero attached hydrogens (tertiary/aromatic N) is 3. The van der Waals surface area contributed by atoms with Crippen molar-refractivity contribution in [3.8, 4) is 0 Å². The van der Waals surface area contributed by atoms with Gasteiger partial charge in [0.25, 0.3) is 0 Å². The zero-order valence-corrected chi connectivity index (χ0v) is 11.1. The van der Waals surface area contributed by atoms with E-state index in [2.05, 4.69) is 20.3 Å². The largest absolute Gasteiger partial charge is 0.337 e. The molecule has 2 saturated heterocycles. The Morgan fingerprint density at radius 1 is 1.42 bits per heavy atom. The number of hydrogen-bond donors (Lipinski definition) is 2. The van der Waals surface area contributed by atoms with E-state index in [1.54, 1.807) is 6.20 Å². The third-order valence-corrected chi connectivity index (χ3v) is 4.35. The summed E-state index contributed by atoms with van der Waals surface area (Å²) in [5.41, 5.74) is 6.95. The highest BCUT2D eigenvalue weighted by Gasteiger charge is 2.41. The molecule has 1 aromatic heterocycles. The van der Waals surface area contributed by atoms with E-state index in [4.69, 9.17) is 5.73 Å². The fourth-order valence-electron chi connectivity index (χ4n) is 3.52. The summed E-state index contributed by atoms with van der Waals surface area (Å²) in [6, 6.07) is 1.08. The van der Waals surface area contributed by atoms with Crippen molar-refractivity contribution < 1.29 is 4.79 Å². The molecule has 0 radical (unpaired) electrons. The standard InChI is InChI=1S/C13H21N5O/c14-9-6-11-4-5-12(7-9)18(11)13(19)3-1-2-10-8-15-17-16-10/h8-9,11-12H,1-7,14H2,(H,15,16,17). The van der Waals surface area contributed by atoms with E-state index in [9.17, 15) is 4.79 Å². The second-order valence-electron chi connectivity index (χ2n) is 5.73. The predicted octanol–water partition coefficient (Wildman–Crippen LogP) is 0.608. The molecule has 2 fully saturated rings. The molecule has 0 spiro atoms. The molecule has 3 rings (SSSR count). The van der Waals surface area contributed by atoms with Crippen molar-refractivity contribution in [1.82, 2.24) is 20.3 Å². The van der Waals surface area contributed by atoms with Crippen LogP contribution in [0.1, 0.15) is 44.2 Å². The number of aromatic amines is 1. The quantitative estimate of drug-likeness (QED) is 0.833. The fraction of sp³-hybridized carbons (Fsp3) is 0.769. The van der Waals surface area contributed by atoms with Gasteiger partial charge in [0.15, 0.2) is 0 Å². The van der Waals surface area contributed by atoms with Crippen molar-refractivity contribution >= 4 is 5.91 Å². The first-order valence-corrected chi connectivity index (χ1v) is 7.15. The second-order valence-corrected chi connectivity index (χ2v) is 5.73. The smallest absolute Gasteiger partial charge is 0.223 e. The lowest BCUT2D eigenvalue weighted by Gasteiger charge is -2.37. The molecule has 0 aliphatic carbocycles. The Morgan fingerprint density at radius 2 is 2.16 bits per heavy atom. The molecule has 2 aliphatic heterocycles. The summed E-state index contributed by atoms with van der Waals surface area (Å²) in [5, 5.41) is 10.4. The van der Waals surface area contributed by atoms with Crippen molar-refractivity contribution in [3.63, 3.8) is 0 Å². The maximum atomic E-state index is 12.3. The monoisotopic (exact) mass is 263 g/mol. The number of aromatic nitrogens is 3. The van der Waals surface area contributed by atoms with Crippen LogP contribution in [0.25, 0.3) is 0 Å². The molecule has 1 aromatic rings. The highest BCUT2D eigenvalue weighted by atomic mass is 16.2. The van der Waals surface area contributed by atoms with Crippen LogP contribution in [0.15, 0.2) is 6.20 Å². The molecule has 2 bridgehead atoms. The van der Waals surface area contributed by atoms with Crippen LogP contribution in [0.2, 0.25) is 0 Å². The van der Waals surface area contributed by atoms with Gasteiger partial charge in [0.05, 0.1) is 11.9 Å². The van der Waals surface area contributed by atoms with Crippen LogP contribution in [-0.2, 0) is 11.2 Å². The minimum absolute atomic E-state index is 0.289. The summed E-state index contributed by atoms with van der Waals surface area (Å²) in [7, 11) is 0. The first-order valence-electron chi connectivity index (χ1n) is 7.15.